The Morgan fingerprint density at radius 1 is 1.05 bits per heavy atom. The van der Waals surface area contributed by atoms with Crippen LogP contribution in [0.1, 0.15) is 57.6 Å². The molecule has 0 bridgehead atoms. The van der Waals surface area contributed by atoms with Crippen LogP contribution in [-0.2, 0) is 23.9 Å². The van der Waals surface area contributed by atoms with Crippen LogP contribution in [0, 0.1) is 17.5 Å². The first-order chi connectivity index (χ1) is 20.4. The smallest absolute Gasteiger partial charge is 0.366 e. The highest BCUT2D eigenvalue weighted by Gasteiger charge is 2.41. The van der Waals surface area contributed by atoms with Gasteiger partial charge in [0, 0.05) is 42.0 Å². The predicted octanol–water partition coefficient (Wildman–Crippen LogP) is 5.50. The number of pyridine rings is 1. The Morgan fingerprint density at radius 2 is 1.77 bits per heavy atom. The van der Waals surface area contributed by atoms with E-state index in [0.717, 1.165) is 22.9 Å². The molecule has 43 heavy (non-hydrogen) atoms. The molecule has 3 N–H and O–H groups in total. The molecule has 1 atom stereocenters. The Labute approximate surface area is 241 Å². The molecule has 224 valence electrons. The van der Waals surface area contributed by atoms with Crippen LogP contribution in [0.4, 0.5) is 26.3 Å². The number of alkyl halides is 3. The molecule has 7 nitrogen and oxygen atoms in total. The number of carbonyl (C=O) groups is 2. The van der Waals surface area contributed by atoms with Gasteiger partial charge < -0.3 is 11.1 Å². The van der Waals surface area contributed by atoms with E-state index in [1.54, 1.807) is 12.1 Å². The second kappa shape index (κ2) is 11.9. The number of benzene rings is 2. The zero-order valence-corrected chi connectivity index (χ0v) is 22.5. The molecule has 5 rings (SSSR count). The third kappa shape index (κ3) is 7.04. The largest absolute Gasteiger partial charge is 0.435 e. The van der Waals surface area contributed by atoms with Gasteiger partial charge in [0.1, 0.15) is 24.0 Å². The molecule has 0 saturated heterocycles. The minimum absolute atomic E-state index is 0.00529. The second-order valence-corrected chi connectivity index (χ2v) is 10.4. The van der Waals surface area contributed by atoms with E-state index in [1.165, 1.54) is 24.5 Å². The molecule has 2 amide bonds. The molecule has 2 aromatic heterocycles. The number of rotatable bonds is 10. The number of hydrogen-bond acceptors (Lipinski definition) is 4. The molecule has 0 radical (unpaired) electrons. The summed E-state index contributed by atoms with van der Waals surface area (Å²) in [5, 5.41) is 6.27. The summed E-state index contributed by atoms with van der Waals surface area (Å²) in [7, 11) is 0. The van der Waals surface area contributed by atoms with Gasteiger partial charge in [-0.25, -0.2) is 13.2 Å². The van der Waals surface area contributed by atoms with E-state index >= 15 is 0 Å². The van der Waals surface area contributed by atoms with Crippen LogP contribution < -0.4 is 11.1 Å². The fraction of sp³-hybridized carbons (Fsp3) is 0.267. The number of halogens is 6. The van der Waals surface area contributed by atoms with Crippen molar-refractivity contribution in [3.05, 3.63) is 106 Å². The highest BCUT2D eigenvalue weighted by atomic mass is 19.4. The Balaban J connectivity index is 1.43. The molecular weight excluding hydrogens is 576 g/mol. The summed E-state index contributed by atoms with van der Waals surface area (Å²) in [4.78, 5) is 29.1. The van der Waals surface area contributed by atoms with Crippen molar-refractivity contribution >= 4 is 11.8 Å². The maximum absolute atomic E-state index is 14.2. The van der Waals surface area contributed by atoms with Crippen LogP contribution in [0.25, 0.3) is 11.1 Å². The van der Waals surface area contributed by atoms with Crippen LogP contribution in [0.3, 0.4) is 0 Å². The zero-order valence-electron chi connectivity index (χ0n) is 22.5. The SMILES string of the molecule is NC(=O)c1cc(-c2cccnc2[C@@H](CNC(=O)Cn2cc(C3CC3)c(C(F)(F)F)n2)Cc2cc(F)cc(F)c2)ccc1F. The van der Waals surface area contributed by atoms with E-state index in [1.807, 2.05) is 0 Å². The summed E-state index contributed by atoms with van der Waals surface area (Å²) in [6.07, 6.45) is -0.742. The molecule has 0 unspecified atom stereocenters. The summed E-state index contributed by atoms with van der Waals surface area (Å²) in [5.41, 5.74) is 5.42. The van der Waals surface area contributed by atoms with Crippen LogP contribution in [0.15, 0.2) is 60.9 Å². The van der Waals surface area contributed by atoms with Gasteiger partial charge in [0.15, 0.2) is 5.69 Å². The molecule has 1 fully saturated rings. The van der Waals surface area contributed by atoms with E-state index < -0.39 is 53.6 Å². The summed E-state index contributed by atoms with van der Waals surface area (Å²) < 4.78 is 83.6. The molecule has 1 aliphatic carbocycles. The van der Waals surface area contributed by atoms with E-state index in [4.69, 9.17) is 5.73 Å². The standard InChI is InChI=1S/C30H25F6N5O2/c31-20-9-16(10-21(32)12-20)8-19(27-22(2-1-7-38-27)18-5-6-25(33)23(11-18)29(37)43)13-39-26(42)15-41-14-24(17-3-4-17)28(40-41)30(34,35)36/h1-2,5-7,9-12,14,17,19H,3-4,8,13,15H2,(H2,37,43)(H,39,42)/t19-/m1/s1. The first kappa shape index (κ1) is 29.8. The van der Waals surface area contributed by atoms with Gasteiger partial charge in [0.25, 0.3) is 5.91 Å². The van der Waals surface area contributed by atoms with Crippen molar-refractivity contribution in [2.75, 3.05) is 6.54 Å². The molecular formula is C30H25F6N5O2. The lowest BCUT2D eigenvalue weighted by atomic mass is 9.89. The Bertz CT molecular complexity index is 1660. The van der Waals surface area contributed by atoms with Crippen LogP contribution in [-0.4, -0.2) is 33.1 Å². The van der Waals surface area contributed by atoms with Crippen LogP contribution >= 0.6 is 0 Å². The van der Waals surface area contributed by atoms with E-state index in [9.17, 15) is 35.9 Å². The van der Waals surface area contributed by atoms with Gasteiger partial charge in [-0.2, -0.15) is 18.3 Å². The van der Waals surface area contributed by atoms with Gasteiger partial charge in [-0.3, -0.25) is 19.3 Å². The van der Waals surface area contributed by atoms with Gasteiger partial charge in [-0.1, -0.05) is 12.1 Å². The Morgan fingerprint density at radius 3 is 2.42 bits per heavy atom. The molecule has 13 heteroatoms. The van der Waals surface area contributed by atoms with Crippen molar-refractivity contribution in [2.24, 2.45) is 5.73 Å². The topological polar surface area (TPSA) is 103 Å². The summed E-state index contributed by atoms with van der Waals surface area (Å²) in [6.45, 7) is -0.625. The van der Waals surface area contributed by atoms with E-state index in [0.29, 0.717) is 35.7 Å². The van der Waals surface area contributed by atoms with Crippen molar-refractivity contribution in [2.45, 2.75) is 43.8 Å². The van der Waals surface area contributed by atoms with Crippen molar-refractivity contribution in [1.82, 2.24) is 20.1 Å². The molecule has 2 aromatic carbocycles. The lowest BCUT2D eigenvalue weighted by Crippen LogP contribution is -2.32. The third-order valence-electron chi connectivity index (χ3n) is 7.10. The first-order valence-electron chi connectivity index (χ1n) is 13.3. The first-order valence-corrected chi connectivity index (χ1v) is 13.3. The van der Waals surface area contributed by atoms with Crippen molar-refractivity contribution in [3.63, 3.8) is 0 Å². The maximum atomic E-state index is 14.2. The number of nitrogens with two attached hydrogens (primary N) is 1. The van der Waals surface area contributed by atoms with Crippen molar-refractivity contribution in [1.29, 1.82) is 0 Å². The van der Waals surface area contributed by atoms with E-state index in [2.05, 4.69) is 15.4 Å². The van der Waals surface area contributed by atoms with Gasteiger partial charge >= 0.3 is 6.18 Å². The third-order valence-corrected chi connectivity index (χ3v) is 7.10. The lowest BCUT2D eigenvalue weighted by Gasteiger charge is -2.21. The molecule has 1 saturated carbocycles. The highest BCUT2D eigenvalue weighted by Crippen LogP contribution is 2.45. The minimum Gasteiger partial charge on any atom is -0.366 e. The molecule has 0 aliphatic heterocycles. The van der Waals surface area contributed by atoms with E-state index in [-0.39, 0.29) is 35.6 Å². The number of aromatic nitrogens is 3. The summed E-state index contributed by atoms with van der Waals surface area (Å²) in [6, 6.07) is 9.94. The number of primary amides is 1. The summed E-state index contributed by atoms with van der Waals surface area (Å²) in [5.74, 6) is -5.03. The van der Waals surface area contributed by atoms with Gasteiger partial charge in [-0.15, -0.1) is 0 Å². The predicted molar refractivity (Wildman–Crippen MR) is 143 cm³/mol. The summed E-state index contributed by atoms with van der Waals surface area (Å²) >= 11 is 0. The number of hydrogen-bond donors (Lipinski definition) is 2. The minimum atomic E-state index is -4.66. The number of carbonyl (C=O) groups excluding carboxylic acids is 2. The van der Waals surface area contributed by atoms with Crippen LogP contribution in [0.2, 0.25) is 0 Å². The monoisotopic (exact) mass is 601 g/mol. The molecule has 4 aromatic rings. The highest BCUT2D eigenvalue weighted by molar-refractivity contribution is 5.94. The molecule has 1 aliphatic rings. The normalized spacial score (nSPS) is 14.0. The van der Waals surface area contributed by atoms with Gasteiger partial charge in [0.2, 0.25) is 5.91 Å². The number of nitrogens with one attached hydrogen (secondary N) is 1. The Hall–Kier alpha value is -4.68. The second-order valence-electron chi connectivity index (χ2n) is 10.4. The Kier molecular flexibility index (Phi) is 8.25. The van der Waals surface area contributed by atoms with Gasteiger partial charge in [0.05, 0.1) is 11.3 Å². The fourth-order valence-corrected chi connectivity index (χ4v) is 5.02. The lowest BCUT2D eigenvalue weighted by molar-refractivity contribution is -0.142. The number of nitrogens with zero attached hydrogens (tertiary/aromatic N) is 3. The molecule has 2 heterocycles. The molecule has 0 spiro atoms. The van der Waals surface area contributed by atoms with Gasteiger partial charge in [-0.05, 0) is 66.6 Å². The van der Waals surface area contributed by atoms with Crippen molar-refractivity contribution in [3.8, 4) is 11.1 Å². The number of amides is 2. The zero-order chi connectivity index (χ0) is 30.9. The van der Waals surface area contributed by atoms with Crippen molar-refractivity contribution < 1.29 is 35.9 Å². The average Bonchev–Trinajstić information content (AvgIpc) is 3.69. The van der Waals surface area contributed by atoms with Crippen LogP contribution in [0.5, 0.6) is 0 Å². The average molecular weight is 602 g/mol. The maximum Gasteiger partial charge on any atom is 0.435 e. The quantitative estimate of drug-likeness (QED) is 0.235. The fourth-order valence-electron chi connectivity index (χ4n) is 5.02.